The van der Waals surface area contributed by atoms with Crippen LogP contribution in [-0.2, 0) is 23.7 Å². The van der Waals surface area contributed by atoms with Gasteiger partial charge in [-0.05, 0) is 26.0 Å². The minimum absolute atomic E-state index is 0.259. The first-order valence-corrected chi connectivity index (χ1v) is 7.74. The summed E-state index contributed by atoms with van der Waals surface area (Å²) in [5, 5.41) is 0. The predicted molar refractivity (Wildman–Crippen MR) is 77.5 cm³/mol. The molecule has 1 aliphatic carbocycles. The van der Waals surface area contributed by atoms with E-state index >= 15 is 0 Å². The Morgan fingerprint density at radius 2 is 1.83 bits per heavy atom. The molecule has 2 aliphatic heterocycles. The number of ether oxygens (including phenoxy) is 4. The van der Waals surface area contributed by atoms with Crippen molar-refractivity contribution < 1.29 is 28.5 Å². The fourth-order valence-electron chi connectivity index (χ4n) is 3.64. The van der Waals surface area contributed by atoms with Crippen LogP contribution in [0.5, 0.6) is 0 Å². The predicted octanol–water partition coefficient (Wildman–Crippen LogP) is 1.82. The fraction of sp³-hybridized carbons (Fsp3) is 0.529. The monoisotopic (exact) mass is 318 g/mol. The zero-order valence-corrected chi connectivity index (χ0v) is 13.0. The van der Waals surface area contributed by atoms with Crippen molar-refractivity contribution in [2.45, 2.75) is 56.4 Å². The molecule has 0 spiro atoms. The topological polar surface area (TPSA) is 71.1 Å². The number of hydrogen-bond acceptors (Lipinski definition) is 6. The molecule has 2 bridgehead atoms. The molecule has 122 valence electrons. The van der Waals surface area contributed by atoms with Gasteiger partial charge in [-0.25, -0.2) is 9.59 Å². The molecule has 1 aromatic carbocycles. The van der Waals surface area contributed by atoms with Gasteiger partial charge >= 0.3 is 11.9 Å². The summed E-state index contributed by atoms with van der Waals surface area (Å²) in [6.45, 7) is 3.65. The number of carbonyl (C=O) groups excluding carboxylic acids is 2. The van der Waals surface area contributed by atoms with E-state index in [0.717, 1.165) is 0 Å². The highest BCUT2D eigenvalue weighted by atomic mass is 16.8. The first-order chi connectivity index (χ1) is 10.9. The number of carbonyl (C=O) groups is 2. The van der Waals surface area contributed by atoms with Gasteiger partial charge in [0.15, 0.2) is 5.79 Å². The number of fused-ring (bicyclic) bond motifs is 4. The van der Waals surface area contributed by atoms with Crippen molar-refractivity contribution in [1.29, 1.82) is 0 Å². The quantitative estimate of drug-likeness (QED) is 0.775. The van der Waals surface area contributed by atoms with E-state index in [1.807, 2.05) is 19.9 Å². The van der Waals surface area contributed by atoms with Gasteiger partial charge in [0.25, 0.3) is 0 Å². The van der Waals surface area contributed by atoms with Crippen molar-refractivity contribution in [3.05, 3.63) is 35.9 Å². The Balaban J connectivity index is 1.58. The van der Waals surface area contributed by atoms with E-state index in [9.17, 15) is 9.59 Å². The van der Waals surface area contributed by atoms with Crippen LogP contribution in [0.25, 0.3) is 0 Å². The lowest BCUT2D eigenvalue weighted by atomic mass is 9.82. The lowest BCUT2D eigenvalue weighted by molar-refractivity contribution is -0.172. The summed E-state index contributed by atoms with van der Waals surface area (Å²) in [5.74, 6) is -1.76. The summed E-state index contributed by atoms with van der Waals surface area (Å²) in [6, 6.07) is 8.61. The van der Waals surface area contributed by atoms with Crippen molar-refractivity contribution in [2.24, 2.45) is 0 Å². The molecule has 1 aromatic rings. The molecule has 1 saturated carbocycles. The third-order valence-electron chi connectivity index (χ3n) is 4.58. The Morgan fingerprint density at radius 3 is 2.57 bits per heavy atom. The lowest BCUT2D eigenvalue weighted by Gasteiger charge is -2.32. The van der Waals surface area contributed by atoms with Crippen LogP contribution in [-0.4, -0.2) is 41.6 Å². The lowest BCUT2D eigenvalue weighted by Crippen LogP contribution is -2.49. The molecule has 0 radical (unpaired) electrons. The summed E-state index contributed by atoms with van der Waals surface area (Å²) in [7, 11) is 0. The number of benzene rings is 1. The van der Waals surface area contributed by atoms with Gasteiger partial charge in [-0.3, -0.25) is 0 Å². The number of hydrogen-bond donors (Lipinski definition) is 0. The number of rotatable bonds is 2. The van der Waals surface area contributed by atoms with Crippen molar-refractivity contribution in [3.8, 4) is 0 Å². The van der Waals surface area contributed by atoms with Crippen LogP contribution in [0.3, 0.4) is 0 Å². The molecule has 0 N–H and O–H groups in total. The van der Waals surface area contributed by atoms with Crippen molar-refractivity contribution >= 4 is 11.9 Å². The maximum absolute atomic E-state index is 12.4. The Hall–Kier alpha value is -1.92. The van der Waals surface area contributed by atoms with Crippen LogP contribution in [0.15, 0.2) is 30.3 Å². The van der Waals surface area contributed by atoms with Gasteiger partial charge in [-0.2, -0.15) is 0 Å². The van der Waals surface area contributed by atoms with Gasteiger partial charge in [0.2, 0.25) is 5.60 Å². The van der Waals surface area contributed by atoms with Gasteiger partial charge in [0.1, 0.15) is 12.2 Å². The molecule has 0 aromatic heterocycles. The standard InChI is InChI=1S/C17H18O6/c1-16(2)21-12-9-17(8-11(13(12)22-16)20-15(17)19)23-14(18)10-6-4-3-5-7-10/h3-7,11-13H,8-9H2,1-2H3. The van der Waals surface area contributed by atoms with Crippen molar-refractivity contribution in [1.82, 2.24) is 0 Å². The second kappa shape index (κ2) is 4.79. The van der Waals surface area contributed by atoms with Gasteiger partial charge < -0.3 is 18.9 Å². The van der Waals surface area contributed by atoms with Crippen LogP contribution in [0.1, 0.15) is 37.0 Å². The van der Waals surface area contributed by atoms with Crippen LogP contribution in [0.4, 0.5) is 0 Å². The number of esters is 2. The van der Waals surface area contributed by atoms with E-state index < -0.39 is 29.4 Å². The molecule has 4 rings (SSSR count). The second-order valence-electron chi connectivity index (χ2n) is 6.74. The highest BCUT2D eigenvalue weighted by molar-refractivity contribution is 5.93. The first-order valence-electron chi connectivity index (χ1n) is 7.74. The summed E-state index contributed by atoms with van der Waals surface area (Å²) in [5.41, 5.74) is -0.869. The molecule has 6 heteroatoms. The summed E-state index contributed by atoms with van der Waals surface area (Å²) >= 11 is 0. The molecule has 2 saturated heterocycles. The minimum Gasteiger partial charge on any atom is -0.456 e. The fourth-order valence-corrected chi connectivity index (χ4v) is 3.64. The molecular weight excluding hydrogens is 300 g/mol. The normalized spacial score (nSPS) is 37.1. The third-order valence-corrected chi connectivity index (χ3v) is 4.58. The largest absolute Gasteiger partial charge is 0.456 e. The molecule has 0 amide bonds. The first kappa shape index (κ1) is 14.7. The van der Waals surface area contributed by atoms with E-state index in [1.54, 1.807) is 24.3 Å². The molecule has 3 aliphatic rings. The maximum atomic E-state index is 12.4. The minimum atomic E-state index is -1.28. The highest BCUT2D eigenvalue weighted by Gasteiger charge is 2.65. The van der Waals surface area contributed by atoms with E-state index in [2.05, 4.69) is 0 Å². The van der Waals surface area contributed by atoms with Crippen molar-refractivity contribution in [2.75, 3.05) is 0 Å². The van der Waals surface area contributed by atoms with Gasteiger partial charge in [-0.15, -0.1) is 0 Å². The highest BCUT2D eigenvalue weighted by Crippen LogP contribution is 2.48. The Bertz CT molecular complexity index is 654. The van der Waals surface area contributed by atoms with Gasteiger partial charge in [0.05, 0.1) is 11.7 Å². The molecule has 4 atom stereocenters. The van der Waals surface area contributed by atoms with E-state index in [-0.39, 0.29) is 18.6 Å². The maximum Gasteiger partial charge on any atom is 0.351 e. The Labute approximate surface area is 133 Å². The van der Waals surface area contributed by atoms with Crippen LogP contribution in [0, 0.1) is 0 Å². The molecule has 4 unspecified atom stereocenters. The zero-order chi connectivity index (χ0) is 16.2. The summed E-state index contributed by atoms with van der Waals surface area (Å²) in [6.07, 6.45) is -0.495. The molecule has 6 nitrogen and oxygen atoms in total. The SMILES string of the molecule is CC1(C)OC2CC3(OC(=O)c4ccccc4)CC(OC3=O)C2O1. The van der Waals surface area contributed by atoms with E-state index in [1.165, 1.54) is 0 Å². The smallest absolute Gasteiger partial charge is 0.351 e. The van der Waals surface area contributed by atoms with Gasteiger partial charge in [-0.1, -0.05) is 18.2 Å². The second-order valence-corrected chi connectivity index (χ2v) is 6.74. The molecule has 2 heterocycles. The molecule has 3 fully saturated rings. The average Bonchev–Trinajstić information content (AvgIpc) is 2.95. The Morgan fingerprint density at radius 1 is 1.13 bits per heavy atom. The van der Waals surface area contributed by atoms with Gasteiger partial charge in [0, 0.05) is 12.8 Å². The average molecular weight is 318 g/mol. The van der Waals surface area contributed by atoms with E-state index in [4.69, 9.17) is 18.9 Å². The zero-order valence-electron chi connectivity index (χ0n) is 13.0. The Kier molecular flexibility index (Phi) is 3.05. The third kappa shape index (κ3) is 2.33. The van der Waals surface area contributed by atoms with Crippen LogP contribution in [0.2, 0.25) is 0 Å². The molecule has 23 heavy (non-hydrogen) atoms. The summed E-state index contributed by atoms with van der Waals surface area (Å²) < 4.78 is 22.7. The van der Waals surface area contributed by atoms with Crippen LogP contribution < -0.4 is 0 Å². The molecular formula is C17H18O6. The summed E-state index contributed by atoms with van der Waals surface area (Å²) in [4.78, 5) is 24.7. The van der Waals surface area contributed by atoms with Crippen LogP contribution >= 0.6 is 0 Å². The van der Waals surface area contributed by atoms with Crippen molar-refractivity contribution in [3.63, 3.8) is 0 Å². The van der Waals surface area contributed by atoms with E-state index in [0.29, 0.717) is 12.0 Å².